The number of hydrogen-bond donors (Lipinski definition) is 2. The van der Waals surface area contributed by atoms with E-state index in [1.807, 2.05) is 25.1 Å². The lowest BCUT2D eigenvalue weighted by atomic mass is 10.1. The van der Waals surface area contributed by atoms with Crippen LogP contribution in [0, 0.1) is 5.92 Å². The number of Topliss-reactive ketones (excluding diaryl/α,β-unsaturated/α-hetero) is 1. The van der Waals surface area contributed by atoms with Crippen LogP contribution in [0.1, 0.15) is 49.7 Å². The van der Waals surface area contributed by atoms with Gasteiger partial charge in [-0.25, -0.2) is 4.79 Å². The molecule has 0 aliphatic rings. The predicted octanol–water partition coefficient (Wildman–Crippen LogP) is 4.82. The van der Waals surface area contributed by atoms with E-state index >= 15 is 0 Å². The maximum absolute atomic E-state index is 12.3. The summed E-state index contributed by atoms with van der Waals surface area (Å²) in [6, 6.07) is 11.8. The first-order chi connectivity index (χ1) is 13.3. The second-order valence-electron chi connectivity index (χ2n) is 7.07. The highest BCUT2D eigenvalue weighted by molar-refractivity contribution is 5.95. The summed E-state index contributed by atoms with van der Waals surface area (Å²) < 4.78 is 11.2. The molecule has 0 bridgehead atoms. The van der Waals surface area contributed by atoms with Gasteiger partial charge in [0.2, 0.25) is 0 Å². The average molecular weight is 384 g/mol. The zero-order chi connectivity index (χ0) is 20.7. The van der Waals surface area contributed by atoms with Crippen LogP contribution in [0.5, 0.6) is 11.5 Å². The molecule has 6 nitrogen and oxygen atoms in total. The van der Waals surface area contributed by atoms with Gasteiger partial charge in [-0.3, -0.25) is 4.79 Å². The van der Waals surface area contributed by atoms with Crippen molar-refractivity contribution in [2.24, 2.45) is 5.92 Å². The number of anilines is 1. The monoisotopic (exact) mass is 384 g/mol. The number of hydrogen-bond acceptors (Lipinski definition) is 4. The van der Waals surface area contributed by atoms with E-state index in [2.05, 4.69) is 24.5 Å². The van der Waals surface area contributed by atoms with Crippen LogP contribution in [0.2, 0.25) is 0 Å². The number of rotatable bonds is 8. The Kier molecular flexibility index (Phi) is 7.44. The van der Waals surface area contributed by atoms with Gasteiger partial charge in [-0.15, -0.1) is 0 Å². The van der Waals surface area contributed by atoms with E-state index < -0.39 is 0 Å². The van der Waals surface area contributed by atoms with E-state index in [0.29, 0.717) is 35.3 Å². The smallest absolute Gasteiger partial charge is 0.319 e. The highest BCUT2D eigenvalue weighted by Crippen LogP contribution is 2.30. The lowest BCUT2D eigenvalue weighted by molar-refractivity contribution is 0.101. The van der Waals surface area contributed by atoms with Crippen molar-refractivity contribution in [3.05, 3.63) is 53.6 Å². The number of methoxy groups -OCH3 is 1. The molecule has 0 saturated heterocycles. The summed E-state index contributed by atoms with van der Waals surface area (Å²) in [5.74, 6) is 1.71. The van der Waals surface area contributed by atoms with Gasteiger partial charge in [0, 0.05) is 11.3 Å². The minimum atomic E-state index is -0.331. The topological polar surface area (TPSA) is 76.7 Å². The van der Waals surface area contributed by atoms with Crippen LogP contribution in [-0.4, -0.2) is 25.5 Å². The quantitative estimate of drug-likeness (QED) is 0.640. The molecular formula is C22H28N2O4. The van der Waals surface area contributed by atoms with E-state index in [9.17, 15) is 9.59 Å². The predicted molar refractivity (Wildman–Crippen MR) is 110 cm³/mol. The van der Waals surface area contributed by atoms with Crippen LogP contribution in [-0.2, 0) is 0 Å². The molecule has 150 valence electrons. The van der Waals surface area contributed by atoms with Crippen molar-refractivity contribution in [2.75, 3.05) is 19.0 Å². The van der Waals surface area contributed by atoms with Crippen LogP contribution in [0.4, 0.5) is 10.5 Å². The fourth-order valence-electron chi connectivity index (χ4n) is 2.56. The molecule has 0 fully saturated rings. The Balaban J connectivity index is 1.99. The van der Waals surface area contributed by atoms with Crippen molar-refractivity contribution < 1.29 is 19.1 Å². The number of ketones is 1. The molecule has 2 aromatic carbocycles. The SMILES string of the molecule is COc1cc(C(C)NC(=O)Nc2ccc(C(C)=O)cc2)ccc1OCC(C)C. The highest BCUT2D eigenvalue weighted by Gasteiger charge is 2.14. The molecule has 2 rings (SSSR count). The van der Waals surface area contributed by atoms with Crippen LogP contribution in [0.15, 0.2) is 42.5 Å². The molecule has 0 spiro atoms. The second kappa shape index (κ2) is 9.78. The second-order valence-corrected chi connectivity index (χ2v) is 7.07. The first-order valence-electron chi connectivity index (χ1n) is 9.29. The van der Waals surface area contributed by atoms with Crippen molar-refractivity contribution >= 4 is 17.5 Å². The van der Waals surface area contributed by atoms with Gasteiger partial charge in [0.15, 0.2) is 17.3 Å². The minimum Gasteiger partial charge on any atom is -0.493 e. The third-order valence-electron chi connectivity index (χ3n) is 4.16. The molecule has 0 aliphatic carbocycles. The minimum absolute atomic E-state index is 0.0145. The highest BCUT2D eigenvalue weighted by atomic mass is 16.5. The largest absolute Gasteiger partial charge is 0.493 e. The van der Waals surface area contributed by atoms with E-state index in [4.69, 9.17) is 9.47 Å². The lowest BCUT2D eigenvalue weighted by Crippen LogP contribution is -2.31. The molecule has 2 N–H and O–H groups in total. The molecule has 0 aliphatic heterocycles. The summed E-state index contributed by atoms with van der Waals surface area (Å²) in [5, 5.41) is 5.65. The number of amides is 2. The summed E-state index contributed by atoms with van der Waals surface area (Å²) >= 11 is 0. The van der Waals surface area contributed by atoms with Crippen LogP contribution in [0.25, 0.3) is 0 Å². The summed E-state index contributed by atoms with van der Waals surface area (Å²) in [4.78, 5) is 23.6. The maximum Gasteiger partial charge on any atom is 0.319 e. The van der Waals surface area contributed by atoms with Crippen molar-refractivity contribution in [1.29, 1.82) is 0 Å². The fourth-order valence-corrected chi connectivity index (χ4v) is 2.56. The average Bonchev–Trinajstić information content (AvgIpc) is 2.66. The van der Waals surface area contributed by atoms with Crippen LogP contribution < -0.4 is 20.1 Å². The number of carbonyl (C=O) groups is 2. The molecule has 0 radical (unpaired) electrons. The Bertz CT molecular complexity index is 816. The molecule has 0 heterocycles. The van der Waals surface area contributed by atoms with E-state index in [1.165, 1.54) is 6.92 Å². The number of benzene rings is 2. The first kappa shape index (κ1) is 21.3. The van der Waals surface area contributed by atoms with Gasteiger partial charge in [0.1, 0.15) is 0 Å². The molecule has 2 amide bonds. The van der Waals surface area contributed by atoms with E-state index in [1.54, 1.807) is 31.4 Å². The first-order valence-corrected chi connectivity index (χ1v) is 9.29. The van der Waals surface area contributed by atoms with Gasteiger partial charge in [0.05, 0.1) is 19.8 Å². The molecule has 1 unspecified atom stereocenters. The van der Waals surface area contributed by atoms with Crippen molar-refractivity contribution in [3.8, 4) is 11.5 Å². The Morgan fingerprint density at radius 3 is 2.25 bits per heavy atom. The zero-order valence-corrected chi connectivity index (χ0v) is 17.0. The fraction of sp³-hybridized carbons (Fsp3) is 0.364. The summed E-state index contributed by atoms with van der Waals surface area (Å²) in [6.45, 7) is 8.17. The standard InChI is InChI=1S/C22H28N2O4/c1-14(2)13-28-20-11-8-18(12-21(20)27-5)15(3)23-22(26)24-19-9-6-17(7-10-19)16(4)25/h6-12,14-15H,13H2,1-5H3,(H2,23,24,26). The van der Waals surface area contributed by atoms with Gasteiger partial charge in [-0.2, -0.15) is 0 Å². The van der Waals surface area contributed by atoms with E-state index in [0.717, 1.165) is 5.56 Å². The van der Waals surface area contributed by atoms with Gasteiger partial charge in [0.25, 0.3) is 0 Å². The van der Waals surface area contributed by atoms with Crippen LogP contribution >= 0.6 is 0 Å². The number of nitrogens with one attached hydrogen (secondary N) is 2. The maximum atomic E-state index is 12.3. The third kappa shape index (κ3) is 6.01. The molecular weight excluding hydrogens is 356 g/mol. The molecule has 28 heavy (non-hydrogen) atoms. The lowest BCUT2D eigenvalue weighted by Gasteiger charge is -2.18. The number of ether oxygens (including phenoxy) is 2. The number of carbonyl (C=O) groups excluding carboxylic acids is 2. The van der Waals surface area contributed by atoms with Gasteiger partial charge >= 0.3 is 6.03 Å². The normalized spacial score (nSPS) is 11.6. The third-order valence-corrected chi connectivity index (χ3v) is 4.16. The van der Waals surface area contributed by atoms with Crippen molar-refractivity contribution in [3.63, 3.8) is 0 Å². The molecule has 6 heteroatoms. The van der Waals surface area contributed by atoms with Gasteiger partial charge in [-0.1, -0.05) is 19.9 Å². The summed E-state index contributed by atoms with van der Waals surface area (Å²) in [5.41, 5.74) is 2.12. The molecule has 0 aromatic heterocycles. The Morgan fingerprint density at radius 2 is 1.68 bits per heavy atom. The molecule has 0 saturated carbocycles. The summed E-state index contributed by atoms with van der Waals surface area (Å²) in [6.07, 6.45) is 0. The Morgan fingerprint density at radius 1 is 1.00 bits per heavy atom. The molecule has 1 atom stereocenters. The van der Waals surface area contributed by atoms with E-state index in [-0.39, 0.29) is 17.9 Å². The molecule has 2 aromatic rings. The summed E-state index contributed by atoms with van der Waals surface area (Å²) in [7, 11) is 1.59. The Hall–Kier alpha value is -3.02. The number of urea groups is 1. The zero-order valence-electron chi connectivity index (χ0n) is 17.0. The van der Waals surface area contributed by atoms with Gasteiger partial charge in [-0.05, 0) is 61.7 Å². The van der Waals surface area contributed by atoms with Crippen molar-refractivity contribution in [2.45, 2.75) is 33.7 Å². The Labute approximate surface area is 166 Å². The van der Waals surface area contributed by atoms with Crippen LogP contribution in [0.3, 0.4) is 0 Å². The van der Waals surface area contributed by atoms with Gasteiger partial charge < -0.3 is 20.1 Å². The van der Waals surface area contributed by atoms with Crippen molar-refractivity contribution in [1.82, 2.24) is 5.32 Å².